The van der Waals surface area contributed by atoms with Crippen molar-refractivity contribution in [1.82, 2.24) is 14.8 Å². The van der Waals surface area contributed by atoms with E-state index < -0.39 is 0 Å². The van der Waals surface area contributed by atoms with Gasteiger partial charge in [-0.15, -0.1) is 10.2 Å². The summed E-state index contributed by atoms with van der Waals surface area (Å²) in [5.41, 5.74) is 2.69. The maximum atomic E-state index is 12.3. The first-order valence-corrected chi connectivity index (χ1v) is 10.1. The molecule has 1 N–H and O–H groups in total. The third kappa shape index (κ3) is 4.64. The summed E-state index contributed by atoms with van der Waals surface area (Å²) in [6.07, 6.45) is 0.859. The molecule has 0 bridgehead atoms. The molecule has 5 nitrogen and oxygen atoms in total. The molecule has 0 spiro atoms. The molecule has 2 aromatic carbocycles. The van der Waals surface area contributed by atoms with Crippen LogP contribution in [0, 0.1) is 0 Å². The number of rotatable bonds is 6. The number of benzene rings is 2. The molecule has 0 radical (unpaired) electrons. The quantitative estimate of drug-likeness (QED) is 0.564. The van der Waals surface area contributed by atoms with Crippen LogP contribution in [-0.4, -0.2) is 26.4 Å². The lowest BCUT2D eigenvalue weighted by molar-refractivity contribution is -0.113. The highest BCUT2D eigenvalue weighted by Gasteiger charge is 2.15. The summed E-state index contributed by atoms with van der Waals surface area (Å²) >= 11 is 13.5. The molecule has 3 aromatic rings. The van der Waals surface area contributed by atoms with Gasteiger partial charge in [0.1, 0.15) is 0 Å². The zero-order valence-electron chi connectivity index (χ0n) is 14.9. The molecule has 8 heteroatoms. The first-order chi connectivity index (χ1) is 13.0. The fraction of sp³-hybridized carbons (Fsp3) is 0.211. The van der Waals surface area contributed by atoms with Crippen LogP contribution in [0.25, 0.3) is 11.4 Å². The van der Waals surface area contributed by atoms with Crippen molar-refractivity contribution in [2.24, 2.45) is 7.05 Å². The van der Waals surface area contributed by atoms with Gasteiger partial charge in [-0.2, -0.15) is 0 Å². The number of carbonyl (C=O) groups is 1. The third-order valence-corrected chi connectivity index (χ3v) is 5.58. The predicted octanol–water partition coefficient (Wildman–Crippen LogP) is 5.08. The first kappa shape index (κ1) is 19.7. The molecule has 0 unspecified atom stereocenters. The third-order valence-electron chi connectivity index (χ3n) is 4.01. The minimum atomic E-state index is -0.0880. The summed E-state index contributed by atoms with van der Waals surface area (Å²) in [6.45, 7) is 2.06. The summed E-state index contributed by atoms with van der Waals surface area (Å²) < 4.78 is 1.81. The van der Waals surface area contributed by atoms with Crippen molar-refractivity contribution in [3.63, 3.8) is 0 Å². The summed E-state index contributed by atoms with van der Waals surface area (Å²) in [7, 11) is 1.84. The van der Waals surface area contributed by atoms with E-state index in [1.165, 1.54) is 11.8 Å². The number of nitrogens with zero attached hydrogens (tertiary/aromatic N) is 3. The summed E-state index contributed by atoms with van der Waals surface area (Å²) in [5.74, 6) is 0.768. The first-order valence-electron chi connectivity index (χ1n) is 8.35. The van der Waals surface area contributed by atoms with E-state index >= 15 is 0 Å². The second-order valence-electron chi connectivity index (χ2n) is 5.84. The molecule has 0 saturated heterocycles. The van der Waals surface area contributed by atoms with E-state index in [4.69, 9.17) is 23.2 Å². The van der Waals surface area contributed by atoms with Gasteiger partial charge in [0.25, 0.3) is 0 Å². The molecule has 0 aliphatic heterocycles. The van der Waals surface area contributed by atoms with Crippen molar-refractivity contribution >= 4 is 46.6 Å². The van der Waals surface area contributed by atoms with Gasteiger partial charge >= 0.3 is 0 Å². The van der Waals surface area contributed by atoms with Crippen molar-refractivity contribution in [3.8, 4) is 11.4 Å². The maximum absolute atomic E-state index is 12.3. The number of hydrogen-bond donors (Lipinski definition) is 1. The molecule has 140 valence electrons. The normalized spacial score (nSPS) is 10.8. The van der Waals surface area contributed by atoms with Crippen LogP contribution in [0.3, 0.4) is 0 Å². The van der Waals surface area contributed by atoms with Gasteiger partial charge in [0, 0.05) is 23.3 Å². The highest BCUT2D eigenvalue weighted by molar-refractivity contribution is 7.99. The number of nitrogens with one attached hydrogen (secondary N) is 1. The minimum absolute atomic E-state index is 0.0880. The van der Waals surface area contributed by atoms with Crippen LogP contribution in [0.15, 0.2) is 47.6 Å². The Morgan fingerprint density at radius 1 is 1.19 bits per heavy atom. The fourth-order valence-electron chi connectivity index (χ4n) is 2.61. The number of thioether (sulfide) groups is 1. The van der Waals surface area contributed by atoms with E-state index in [1.807, 2.05) is 35.9 Å². The number of anilines is 1. The molecule has 0 aliphatic carbocycles. The summed E-state index contributed by atoms with van der Waals surface area (Å²) in [4.78, 5) is 12.3. The average molecular weight is 421 g/mol. The number of para-hydroxylation sites is 1. The molecule has 0 saturated carbocycles. The van der Waals surface area contributed by atoms with Gasteiger partial charge in [-0.3, -0.25) is 4.79 Å². The van der Waals surface area contributed by atoms with Gasteiger partial charge in [-0.25, -0.2) is 0 Å². The fourth-order valence-corrected chi connectivity index (χ4v) is 3.82. The molecule has 3 rings (SSSR count). The van der Waals surface area contributed by atoms with Crippen LogP contribution in [0.1, 0.15) is 12.5 Å². The lowest BCUT2D eigenvalue weighted by atomic mass is 10.1. The number of amides is 1. The van der Waals surface area contributed by atoms with E-state index in [9.17, 15) is 4.79 Å². The van der Waals surface area contributed by atoms with Gasteiger partial charge in [-0.05, 0) is 36.2 Å². The Morgan fingerprint density at radius 3 is 2.70 bits per heavy atom. The van der Waals surface area contributed by atoms with Crippen LogP contribution in [0.4, 0.5) is 5.69 Å². The molecule has 1 heterocycles. The van der Waals surface area contributed by atoms with E-state index in [0.717, 1.165) is 23.2 Å². The average Bonchev–Trinajstić information content (AvgIpc) is 3.01. The van der Waals surface area contributed by atoms with Crippen LogP contribution < -0.4 is 5.32 Å². The van der Waals surface area contributed by atoms with Crippen LogP contribution in [0.2, 0.25) is 10.0 Å². The van der Waals surface area contributed by atoms with Crippen LogP contribution >= 0.6 is 35.0 Å². The van der Waals surface area contributed by atoms with Crippen LogP contribution in [0.5, 0.6) is 0 Å². The van der Waals surface area contributed by atoms with Crippen LogP contribution in [-0.2, 0) is 18.3 Å². The minimum Gasteiger partial charge on any atom is -0.325 e. The number of aryl methyl sites for hydroxylation is 1. The zero-order valence-corrected chi connectivity index (χ0v) is 17.2. The standard InChI is InChI=1S/C19H18Cl2N4OS/c1-3-12-6-4-5-7-16(12)22-17(26)11-27-19-24-23-18(25(19)2)14-9-8-13(20)10-15(14)21/h4-10H,3,11H2,1-2H3,(H,22,26). The number of carbonyl (C=O) groups excluding carboxylic acids is 1. The van der Waals surface area contributed by atoms with Gasteiger partial charge < -0.3 is 9.88 Å². The SMILES string of the molecule is CCc1ccccc1NC(=O)CSc1nnc(-c2ccc(Cl)cc2Cl)n1C. The van der Waals surface area contributed by atoms with E-state index in [1.54, 1.807) is 18.2 Å². The van der Waals surface area contributed by atoms with Crippen molar-refractivity contribution in [1.29, 1.82) is 0 Å². The van der Waals surface area contributed by atoms with Crippen molar-refractivity contribution in [2.45, 2.75) is 18.5 Å². The number of halogens is 2. The molecule has 0 atom stereocenters. The molecule has 0 aliphatic rings. The maximum Gasteiger partial charge on any atom is 0.234 e. The lowest BCUT2D eigenvalue weighted by Gasteiger charge is -2.09. The van der Waals surface area contributed by atoms with Gasteiger partial charge in [0.05, 0.1) is 10.8 Å². The molecule has 0 fully saturated rings. The molecular formula is C19H18Cl2N4OS. The van der Waals surface area contributed by atoms with Gasteiger partial charge in [-0.1, -0.05) is 60.1 Å². The highest BCUT2D eigenvalue weighted by Crippen LogP contribution is 2.30. The second kappa shape index (κ2) is 8.78. The van der Waals surface area contributed by atoms with Crippen molar-refractivity contribution < 1.29 is 4.79 Å². The van der Waals surface area contributed by atoms with E-state index in [0.29, 0.717) is 21.0 Å². The Hall–Kier alpha value is -2.02. The van der Waals surface area contributed by atoms with E-state index in [2.05, 4.69) is 22.4 Å². The molecule has 27 heavy (non-hydrogen) atoms. The smallest absolute Gasteiger partial charge is 0.234 e. The van der Waals surface area contributed by atoms with Crippen molar-refractivity contribution in [3.05, 3.63) is 58.1 Å². The second-order valence-corrected chi connectivity index (χ2v) is 7.62. The van der Waals surface area contributed by atoms with E-state index in [-0.39, 0.29) is 11.7 Å². The van der Waals surface area contributed by atoms with Gasteiger partial charge in [0.2, 0.25) is 5.91 Å². The lowest BCUT2D eigenvalue weighted by Crippen LogP contribution is -2.15. The Morgan fingerprint density at radius 2 is 1.96 bits per heavy atom. The summed E-state index contributed by atoms with van der Waals surface area (Å²) in [6, 6.07) is 13.0. The zero-order chi connectivity index (χ0) is 19.4. The Balaban J connectivity index is 1.68. The Kier molecular flexibility index (Phi) is 6.42. The molecule has 1 aromatic heterocycles. The summed E-state index contributed by atoms with van der Waals surface area (Å²) in [5, 5.41) is 13.0. The Labute approximate surface area is 172 Å². The Bertz CT molecular complexity index is 974. The number of hydrogen-bond acceptors (Lipinski definition) is 4. The van der Waals surface area contributed by atoms with Crippen molar-refractivity contribution in [2.75, 3.05) is 11.1 Å². The molecule has 1 amide bonds. The monoisotopic (exact) mass is 420 g/mol. The molecular weight excluding hydrogens is 403 g/mol. The van der Waals surface area contributed by atoms with Gasteiger partial charge in [0.15, 0.2) is 11.0 Å². The predicted molar refractivity (Wildman–Crippen MR) is 112 cm³/mol. The largest absolute Gasteiger partial charge is 0.325 e. The topological polar surface area (TPSA) is 59.8 Å². The highest BCUT2D eigenvalue weighted by atomic mass is 35.5. The number of aromatic nitrogens is 3.